The SMILES string of the molecule is CCC1CN(c2ncc(CNC3CC3)c(C)n2)CCS1. The van der Waals surface area contributed by atoms with Gasteiger partial charge in [-0.2, -0.15) is 11.8 Å². The molecule has 110 valence electrons. The van der Waals surface area contributed by atoms with E-state index in [1.807, 2.05) is 6.20 Å². The van der Waals surface area contributed by atoms with Gasteiger partial charge in [0, 0.05) is 54.1 Å². The van der Waals surface area contributed by atoms with Crippen molar-refractivity contribution in [3.8, 4) is 0 Å². The van der Waals surface area contributed by atoms with Crippen LogP contribution in [-0.4, -0.2) is 40.1 Å². The lowest BCUT2D eigenvalue weighted by Crippen LogP contribution is -2.38. The summed E-state index contributed by atoms with van der Waals surface area (Å²) in [5.74, 6) is 2.10. The van der Waals surface area contributed by atoms with Crippen molar-refractivity contribution in [2.45, 2.75) is 50.9 Å². The lowest BCUT2D eigenvalue weighted by atomic mass is 10.2. The Balaban J connectivity index is 1.65. The average molecular weight is 292 g/mol. The first kappa shape index (κ1) is 14.1. The van der Waals surface area contributed by atoms with Gasteiger partial charge in [0.25, 0.3) is 0 Å². The summed E-state index contributed by atoms with van der Waals surface area (Å²) in [4.78, 5) is 11.7. The Bertz CT molecular complexity index is 461. The van der Waals surface area contributed by atoms with Crippen LogP contribution in [0.5, 0.6) is 0 Å². The molecule has 4 nitrogen and oxygen atoms in total. The number of thioether (sulfide) groups is 1. The fourth-order valence-electron chi connectivity index (χ4n) is 2.50. The van der Waals surface area contributed by atoms with Gasteiger partial charge in [0.05, 0.1) is 0 Å². The molecule has 0 radical (unpaired) electrons. The zero-order chi connectivity index (χ0) is 13.9. The molecule has 0 bridgehead atoms. The van der Waals surface area contributed by atoms with Crippen LogP contribution in [0.1, 0.15) is 37.4 Å². The van der Waals surface area contributed by atoms with Gasteiger partial charge in [-0.05, 0) is 26.2 Å². The normalized spacial score (nSPS) is 23.1. The molecule has 0 amide bonds. The standard InChI is InChI=1S/C15H24N4S/c1-3-14-10-19(6-7-20-14)15-17-9-12(11(2)18-15)8-16-13-4-5-13/h9,13-14,16H,3-8,10H2,1-2H3. The van der Waals surface area contributed by atoms with E-state index in [1.54, 1.807) is 0 Å². The monoisotopic (exact) mass is 292 g/mol. The van der Waals surface area contributed by atoms with E-state index >= 15 is 0 Å². The maximum Gasteiger partial charge on any atom is 0.225 e. The molecule has 1 atom stereocenters. The lowest BCUT2D eigenvalue weighted by molar-refractivity contribution is 0.673. The molecule has 1 saturated heterocycles. The number of anilines is 1. The maximum absolute atomic E-state index is 4.73. The second-order valence-electron chi connectivity index (χ2n) is 5.78. The Labute approximate surface area is 125 Å². The molecule has 1 N–H and O–H groups in total. The molecule has 3 rings (SSSR count). The molecule has 1 aromatic rings. The van der Waals surface area contributed by atoms with E-state index in [4.69, 9.17) is 4.98 Å². The second kappa shape index (κ2) is 6.31. The summed E-state index contributed by atoms with van der Waals surface area (Å²) in [7, 11) is 0. The minimum Gasteiger partial charge on any atom is -0.339 e. The largest absolute Gasteiger partial charge is 0.339 e. The zero-order valence-electron chi connectivity index (χ0n) is 12.4. The molecule has 1 aliphatic carbocycles. The van der Waals surface area contributed by atoms with E-state index in [-0.39, 0.29) is 0 Å². The molecule has 1 aromatic heterocycles. The fraction of sp³-hybridized carbons (Fsp3) is 0.733. The van der Waals surface area contributed by atoms with Crippen molar-refractivity contribution in [2.75, 3.05) is 23.7 Å². The Kier molecular flexibility index (Phi) is 4.46. The highest BCUT2D eigenvalue weighted by Gasteiger charge is 2.22. The summed E-state index contributed by atoms with van der Waals surface area (Å²) in [6.07, 6.45) is 5.88. The highest BCUT2D eigenvalue weighted by Crippen LogP contribution is 2.24. The first-order valence-electron chi connectivity index (χ1n) is 7.68. The molecular weight excluding hydrogens is 268 g/mol. The first-order valence-corrected chi connectivity index (χ1v) is 8.73. The van der Waals surface area contributed by atoms with Gasteiger partial charge in [0.2, 0.25) is 5.95 Å². The van der Waals surface area contributed by atoms with Gasteiger partial charge in [-0.15, -0.1) is 0 Å². The summed E-state index contributed by atoms with van der Waals surface area (Å²) in [5, 5.41) is 4.26. The van der Waals surface area contributed by atoms with E-state index in [0.29, 0.717) is 0 Å². The molecule has 0 spiro atoms. The van der Waals surface area contributed by atoms with Crippen molar-refractivity contribution >= 4 is 17.7 Å². The van der Waals surface area contributed by atoms with Crippen molar-refractivity contribution in [1.29, 1.82) is 0 Å². The summed E-state index contributed by atoms with van der Waals surface area (Å²) < 4.78 is 0. The third-order valence-electron chi connectivity index (χ3n) is 4.10. The van der Waals surface area contributed by atoms with Crippen LogP contribution in [-0.2, 0) is 6.54 Å². The predicted octanol–water partition coefficient (Wildman–Crippen LogP) is 2.37. The highest BCUT2D eigenvalue weighted by molar-refractivity contribution is 8.00. The number of hydrogen-bond donors (Lipinski definition) is 1. The van der Waals surface area contributed by atoms with Crippen LogP contribution in [0.4, 0.5) is 5.95 Å². The van der Waals surface area contributed by atoms with Gasteiger partial charge in [0.15, 0.2) is 0 Å². The van der Waals surface area contributed by atoms with Gasteiger partial charge in [-0.1, -0.05) is 6.92 Å². The van der Waals surface area contributed by atoms with E-state index in [2.05, 4.69) is 40.8 Å². The molecule has 1 unspecified atom stereocenters. The molecule has 2 fully saturated rings. The van der Waals surface area contributed by atoms with Crippen molar-refractivity contribution in [3.63, 3.8) is 0 Å². The number of aromatic nitrogens is 2. The van der Waals surface area contributed by atoms with Crippen LogP contribution in [0.2, 0.25) is 0 Å². The molecule has 2 heterocycles. The molecule has 1 saturated carbocycles. The third-order valence-corrected chi connectivity index (χ3v) is 5.48. The van der Waals surface area contributed by atoms with Gasteiger partial charge >= 0.3 is 0 Å². The summed E-state index contributed by atoms with van der Waals surface area (Å²) in [5.41, 5.74) is 2.36. The van der Waals surface area contributed by atoms with E-state index in [0.717, 1.165) is 42.6 Å². The van der Waals surface area contributed by atoms with Crippen molar-refractivity contribution < 1.29 is 0 Å². The molecule has 2 aliphatic rings. The van der Waals surface area contributed by atoms with E-state index in [9.17, 15) is 0 Å². The number of aryl methyl sites for hydroxylation is 1. The van der Waals surface area contributed by atoms with Crippen LogP contribution in [0.3, 0.4) is 0 Å². The number of nitrogens with one attached hydrogen (secondary N) is 1. The molecule has 5 heteroatoms. The smallest absolute Gasteiger partial charge is 0.225 e. The van der Waals surface area contributed by atoms with Crippen LogP contribution in [0, 0.1) is 6.92 Å². The minimum absolute atomic E-state index is 0.726. The van der Waals surface area contributed by atoms with Gasteiger partial charge in [0.1, 0.15) is 0 Å². The Morgan fingerprint density at radius 1 is 1.45 bits per heavy atom. The number of nitrogens with zero attached hydrogens (tertiary/aromatic N) is 3. The molecular formula is C15H24N4S. The summed E-state index contributed by atoms with van der Waals surface area (Å²) >= 11 is 2.08. The average Bonchev–Trinajstić information content (AvgIpc) is 3.30. The summed E-state index contributed by atoms with van der Waals surface area (Å²) in [6.45, 7) is 7.43. The molecule has 20 heavy (non-hydrogen) atoms. The quantitative estimate of drug-likeness (QED) is 0.902. The van der Waals surface area contributed by atoms with Crippen LogP contribution >= 0.6 is 11.8 Å². The maximum atomic E-state index is 4.73. The predicted molar refractivity (Wildman–Crippen MR) is 85.4 cm³/mol. The first-order chi connectivity index (χ1) is 9.76. The van der Waals surface area contributed by atoms with E-state index in [1.165, 1.54) is 30.6 Å². The molecule has 1 aliphatic heterocycles. The number of hydrogen-bond acceptors (Lipinski definition) is 5. The highest BCUT2D eigenvalue weighted by atomic mass is 32.2. The fourth-order valence-corrected chi connectivity index (χ4v) is 3.68. The zero-order valence-corrected chi connectivity index (χ0v) is 13.2. The van der Waals surface area contributed by atoms with Crippen LogP contribution in [0.25, 0.3) is 0 Å². The number of rotatable bonds is 5. The van der Waals surface area contributed by atoms with Gasteiger partial charge in [-0.3, -0.25) is 0 Å². The second-order valence-corrected chi connectivity index (χ2v) is 7.19. The lowest BCUT2D eigenvalue weighted by Gasteiger charge is -2.32. The van der Waals surface area contributed by atoms with Crippen molar-refractivity contribution in [2.24, 2.45) is 0 Å². The van der Waals surface area contributed by atoms with Crippen molar-refractivity contribution in [1.82, 2.24) is 15.3 Å². The molecule has 0 aromatic carbocycles. The van der Waals surface area contributed by atoms with Gasteiger partial charge in [-0.25, -0.2) is 9.97 Å². The minimum atomic E-state index is 0.726. The van der Waals surface area contributed by atoms with Crippen LogP contribution < -0.4 is 10.2 Å². The Hall–Kier alpha value is -0.810. The van der Waals surface area contributed by atoms with Crippen molar-refractivity contribution in [3.05, 3.63) is 17.5 Å². The van der Waals surface area contributed by atoms with Crippen LogP contribution in [0.15, 0.2) is 6.20 Å². The topological polar surface area (TPSA) is 41.1 Å². The van der Waals surface area contributed by atoms with E-state index < -0.39 is 0 Å². The Morgan fingerprint density at radius 2 is 2.30 bits per heavy atom. The Morgan fingerprint density at radius 3 is 3.00 bits per heavy atom. The third kappa shape index (κ3) is 3.44. The van der Waals surface area contributed by atoms with Gasteiger partial charge < -0.3 is 10.2 Å². The summed E-state index contributed by atoms with van der Waals surface area (Å²) in [6, 6.07) is 0.735.